The van der Waals surface area contributed by atoms with Crippen molar-refractivity contribution in [3.8, 4) is 0 Å². The maximum atomic E-state index is 12.0. The number of esters is 1. The third-order valence-electron chi connectivity index (χ3n) is 3.64. The maximum absolute atomic E-state index is 12.0. The van der Waals surface area contributed by atoms with Crippen LogP contribution in [0.25, 0.3) is 0 Å². The second-order valence-electron chi connectivity index (χ2n) is 5.23. The quantitative estimate of drug-likeness (QED) is 0.403. The van der Waals surface area contributed by atoms with Crippen molar-refractivity contribution in [3.05, 3.63) is 0 Å². The smallest absolute Gasteiger partial charge is 0.326 e. The zero-order valence-electron chi connectivity index (χ0n) is 14.2. The normalized spacial score (nSPS) is 14.2. The van der Waals surface area contributed by atoms with Crippen LogP contribution in [-0.2, 0) is 19.0 Å². The Morgan fingerprint density at radius 2 is 1.81 bits per heavy atom. The topological polar surface area (TPSA) is 60.0 Å². The zero-order valence-corrected chi connectivity index (χ0v) is 14.2. The first-order chi connectivity index (χ1) is 10.0. The fourth-order valence-corrected chi connectivity index (χ4v) is 1.99. The first kappa shape index (κ1) is 20.3. The number of carbonyl (C=O) groups is 1. The van der Waals surface area contributed by atoms with Crippen LogP contribution in [0.5, 0.6) is 0 Å². The third-order valence-corrected chi connectivity index (χ3v) is 3.64. The lowest BCUT2D eigenvalue weighted by Gasteiger charge is -2.30. The van der Waals surface area contributed by atoms with Crippen LogP contribution in [0.2, 0.25) is 0 Å². The summed E-state index contributed by atoms with van der Waals surface area (Å²) in [5.41, 5.74) is -0.650. The number of nitrogens with one attached hydrogen (secondary N) is 1. The van der Waals surface area contributed by atoms with Gasteiger partial charge in [0.1, 0.15) is 5.54 Å². The summed E-state index contributed by atoms with van der Waals surface area (Å²) in [6, 6.07) is 0. The summed E-state index contributed by atoms with van der Waals surface area (Å²) in [6.45, 7) is 8.12. The molecular formula is C15H32N2O4. The van der Waals surface area contributed by atoms with Crippen LogP contribution >= 0.6 is 0 Å². The molecule has 0 aliphatic heterocycles. The van der Waals surface area contributed by atoms with Crippen molar-refractivity contribution in [3.63, 3.8) is 0 Å². The van der Waals surface area contributed by atoms with Crippen molar-refractivity contribution < 1.29 is 19.0 Å². The molecule has 0 saturated heterocycles. The molecule has 0 saturated carbocycles. The highest BCUT2D eigenvalue weighted by Crippen LogP contribution is 2.13. The zero-order chi connectivity index (χ0) is 16.1. The summed E-state index contributed by atoms with van der Waals surface area (Å²) in [6.07, 6.45) is 1.66. The van der Waals surface area contributed by atoms with Crippen LogP contribution in [0.3, 0.4) is 0 Å². The fourth-order valence-electron chi connectivity index (χ4n) is 1.99. The predicted molar refractivity (Wildman–Crippen MR) is 83.5 cm³/mol. The van der Waals surface area contributed by atoms with E-state index in [2.05, 4.69) is 10.2 Å². The summed E-state index contributed by atoms with van der Waals surface area (Å²) >= 11 is 0. The highest BCUT2D eigenvalue weighted by molar-refractivity contribution is 5.80. The van der Waals surface area contributed by atoms with Gasteiger partial charge in [-0.2, -0.15) is 0 Å². The molecular weight excluding hydrogens is 272 g/mol. The van der Waals surface area contributed by atoms with E-state index in [9.17, 15) is 4.79 Å². The Balaban J connectivity index is 4.41. The van der Waals surface area contributed by atoms with Gasteiger partial charge in [-0.3, -0.25) is 4.79 Å². The van der Waals surface area contributed by atoms with Gasteiger partial charge in [0.05, 0.1) is 13.2 Å². The molecule has 0 amide bonds. The standard InChI is InChI=1S/C15H32N2O4/c1-6-21-14(18)15(2,16-3)8-10-17(11-13-20-5)9-7-12-19-4/h16H,6-13H2,1-5H3. The SMILES string of the molecule is CCOC(=O)C(C)(CCN(CCCOC)CCOC)NC. The molecule has 0 aliphatic rings. The van der Waals surface area contributed by atoms with E-state index in [0.717, 1.165) is 32.7 Å². The van der Waals surface area contributed by atoms with Crippen molar-refractivity contribution in [1.82, 2.24) is 10.2 Å². The number of carbonyl (C=O) groups excluding carboxylic acids is 1. The summed E-state index contributed by atoms with van der Waals surface area (Å²) in [7, 11) is 5.20. The Kier molecular flexibility index (Phi) is 11.5. The van der Waals surface area contributed by atoms with Gasteiger partial charge in [-0.15, -0.1) is 0 Å². The van der Waals surface area contributed by atoms with E-state index in [4.69, 9.17) is 14.2 Å². The first-order valence-electron chi connectivity index (χ1n) is 7.60. The largest absolute Gasteiger partial charge is 0.465 e. The number of ether oxygens (including phenoxy) is 3. The Bertz CT molecular complexity index is 276. The van der Waals surface area contributed by atoms with Gasteiger partial charge in [0, 0.05) is 40.5 Å². The van der Waals surface area contributed by atoms with Crippen molar-refractivity contribution in [1.29, 1.82) is 0 Å². The molecule has 0 bridgehead atoms. The Morgan fingerprint density at radius 3 is 2.33 bits per heavy atom. The molecule has 0 aromatic heterocycles. The molecule has 21 heavy (non-hydrogen) atoms. The highest BCUT2D eigenvalue weighted by atomic mass is 16.5. The summed E-state index contributed by atoms with van der Waals surface area (Å²) < 4.78 is 15.4. The number of hydrogen-bond donors (Lipinski definition) is 1. The van der Waals surface area contributed by atoms with E-state index in [-0.39, 0.29) is 5.97 Å². The van der Waals surface area contributed by atoms with Crippen molar-refractivity contribution >= 4 is 5.97 Å². The molecule has 0 aromatic carbocycles. The molecule has 1 atom stereocenters. The van der Waals surface area contributed by atoms with E-state index < -0.39 is 5.54 Å². The fraction of sp³-hybridized carbons (Fsp3) is 0.933. The van der Waals surface area contributed by atoms with Gasteiger partial charge >= 0.3 is 5.97 Å². The molecule has 0 rings (SSSR count). The molecule has 0 aromatic rings. The first-order valence-corrected chi connectivity index (χ1v) is 7.60. The molecule has 0 radical (unpaired) electrons. The molecule has 0 spiro atoms. The summed E-state index contributed by atoms with van der Waals surface area (Å²) in [4.78, 5) is 14.3. The molecule has 1 N–H and O–H groups in total. The minimum Gasteiger partial charge on any atom is -0.465 e. The van der Waals surface area contributed by atoms with Gasteiger partial charge < -0.3 is 24.4 Å². The average Bonchev–Trinajstić information content (AvgIpc) is 2.49. The second-order valence-corrected chi connectivity index (χ2v) is 5.23. The van der Waals surface area contributed by atoms with Crippen LogP contribution in [0.1, 0.15) is 26.7 Å². The van der Waals surface area contributed by atoms with Crippen LogP contribution in [0.15, 0.2) is 0 Å². The van der Waals surface area contributed by atoms with Crippen LogP contribution in [0.4, 0.5) is 0 Å². The number of methoxy groups -OCH3 is 2. The van der Waals surface area contributed by atoms with E-state index in [1.165, 1.54) is 0 Å². The minimum atomic E-state index is -0.650. The van der Waals surface area contributed by atoms with Gasteiger partial charge in [0.2, 0.25) is 0 Å². The van der Waals surface area contributed by atoms with Gasteiger partial charge in [-0.05, 0) is 33.7 Å². The lowest BCUT2D eigenvalue weighted by Crippen LogP contribution is -2.51. The molecule has 0 aliphatic carbocycles. The van der Waals surface area contributed by atoms with Crippen molar-refractivity contribution in [2.24, 2.45) is 0 Å². The predicted octanol–water partition coefficient (Wildman–Crippen LogP) is 0.903. The number of hydrogen-bond acceptors (Lipinski definition) is 6. The number of rotatable bonds is 13. The molecule has 6 nitrogen and oxygen atoms in total. The van der Waals surface area contributed by atoms with Crippen LogP contribution in [-0.4, -0.2) is 77.1 Å². The van der Waals surface area contributed by atoms with Gasteiger partial charge in [0.15, 0.2) is 0 Å². The highest BCUT2D eigenvalue weighted by Gasteiger charge is 2.33. The lowest BCUT2D eigenvalue weighted by molar-refractivity contribution is -0.150. The Morgan fingerprint density at radius 1 is 1.14 bits per heavy atom. The van der Waals surface area contributed by atoms with Crippen LogP contribution in [0, 0.1) is 0 Å². The third kappa shape index (κ3) is 8.36. The maximum Gasteiger partial charge on any atom is 0.326 e. The number of nitrogens with zero attached hydrogens (tertiary/aromatic N) is 1. The van der Waals surface area contributed by atoms with E-state index in [1.54, 1.807) is 21.3 Å². The second kappa shape index (κ2) is 11.9. The Labute approximate surface area is 129 Å². The number of likely N-dealkylation sites (N-methyl/N-ethyl adjacent to an activating group) is 1. The Hall–Kier alpha value is -0.690. The lowest BCUT2D eigenvalue weighted by atomic mass is 9.98. The van der Waals surface area contributed by atoms with Gasteiger partial charge in [-0.1, -0.05) is 0 Å². The summed E-state index contributed by atoms with van der Waals surface area (Å²) in [5.74, 6) is -0.198. The molecule has 0 heterocycles. The average molecular weight is 304 g/mol. The van der Waals surface area contributed by atoms with Crippen molar-refractivity contribution in [2.75, 3.05) is 60.7 Å². The van der Waals surface area contributed by atoms with Crippen molar-refractivity contribution in [2.45, 2.75) is 32.2 Å². The summed E-state index contributed by atoms with van der Waals surface area (Å²) in [5, 5.41) is 3.08. The van der Waals surface area contributed by atoms with Gasteiger partial charge in [0.25, 0.3) is 0 Å². The van der Waals surface area contributed by atoms with Crippen LogP contribution < -0.4 is 5.32 Å². The molecule has 6 heteroatoms. The van der Waals surface area contributed by atoms with E-state index in [1.807, 2.05) is 13.8 Å². The molecule has 1 unspecified atom stereocenters. The van der Waals surface area contributed by atoms with Gasteiger partial charge in [-0.25, -0.2) is 0 Å². The minimum absolute atomic E-state index is 0.198. The molecule has 0 fully saturated rings. The van der Waals surface area contributed by atoms with E-state index >= 15 is 0 Å². The van der Waals surface area contributed by atoms with E-state index in [0.29, 0.717) is 19.6 Å². The molecule has 126 valence electrons. The monoisotopic (exact) mass is 304 g/mol.